The van der Waals surface area contributed by atoms with E-state index in [9.17, 15) is 0 Å². The van der Waals surface area contributed by atoms with Crippen LogP contribution in [-0.4, -0.2) is 0 Å². The zero-order valence-corrected chi connectivity index (χ0v) is 16.7. The monoisotopic (exact) mass is 564 g/mol. The molecule has 0 N–H and O–H groups in total. The van der Waals surface area contributed by atoms with E-state index in [0.29, 0.717) is 0 Å². The molecule has 4 nitrogen and oxygen atoms in total. The minimum Gasteiger partial charge on any atom is 2.00 e. The minimum atomic E-state index is -6.00. The Morgan fingerprint density at radius 3 is 0.714 bits per heavy atom. The van der Waals surface area contributed by atoms with E-state index in [1.165, 1.54) is 0 Å². The molecule has 0 saturated carbocycles. The first-order valence-corrected chi connectivity index (χ1v) is 3.37. The van der Waals surface area contributed by atoms with Crippen molar-refractivity contribution in [2.45, 2.75) is 0 Å². The molecule has 0 bridgehead atoms. The van der Waals surface area contributed by atoms with Crippen LogP contribution in [0.15, 0.2) is 0 Å². The van der Waals surface area contributed by atoms with E-state index >= 15 is 0 Å². The molecular formula is O4Ra2Ti. The third kappa shape index (κ3) is 43.7. The molecule has 0 amide bonds. The van der Waals surface area contributed by atoms with Gasteiger partial charge in [0.05, 0.1) is 0 Å². The summed E-state index contributed by atoms with van der Waals surface area (Å²) >= 11 is -6.00. The van der Waals surface area contributed by atoms with Crippen LogP contribution in [0.2, 0.25) is 0 Å². The summed E-state index contributed by atoms with van der Waals surface area (Å²) in [5.74, 6) is 0. The smallest absolute Gasteiger partial charge is 2.00 e. The molecular weight excluding hydrogens is 564 g/mol. The second-order valence-corrected chi connectivity index (χ2v) is 2.06. The van der Waals surface area contributed by atoms with Gasteiger partial charge in [-0.2, -0.15) is 0 Å². The quantitative estimate of drug-likeness (QED) is 0.277. The molecule has 32 valence electrons. The Kier molecular flexibility index (Phi) is 18.3. The molecule has 0 atom stereocenters. The van der Waals surface area contributed by atoms with Crippen molar-refractivity contribution in [1.82, 2.24) is 0 Å². The molecule has 0 spiro atoms. The maximum Gasteiger partial charge on any atom is 2.00 e. The van der Waals surface area contributed by atoms with Crippen LogP contribution in [0.1, 0.15) is 0 Å². The van der Waals surface area contributed by atoms with Crippen LogP contribution < -0.4 is 14.8 Å². The van der Waals surface area contributed by atoms with Gasteiger partial charge >= 0.3 is 123 Å². The SMILES string of the molecule is [O-][Ti]([O-])([O-])[O-].[Ra+2].[Ra+2]. The van der Waals surface area contributed by atoms with Crippen molar-refractivity contribution in [2.75, 3.05) is 0 Å². The van der Waals surface area contributed by atoms with Crippen molar-refractivity contribution < 1.29 is 123 Å². The molecule has 0 aliphatic heterocycles. The standard InChI is InChI=1S/4O.2Ra.Ti/q4*-1;2*+2;. The van der Waals surface area contributed by atoms with Gasteiger partial charge < -0.3 is 0 Å². The predicted molar refractivity (Wildman–Crippen MR) is 0 cm³/mol. The summed E-state index contributed by atoms with van der Waals surface area (Å²) < 4.78 is 34.5. The molecule has 7 heavy (non-hydrogen) atoms. The van der Waals surface area contributed by atoms with Crippen LogP contribution in [0.4, 0.5) is 0 Å². The molecule has 0 radical (unpaired) electrons. The Morgan fingerprint density at radius 2 is 0.714 bits per heavy atom. The van der Waals surface area contributed by atoms with Gasteiger partial charge in [-0.15, -0.1) is 0 Å². The van der Waals surface area contributed by atoms with Gasteiger partial charge in [-0.3, -0.25) is 0 Å². The maximum atomic E-state index is 8.62. The number of rotatable bonds is 0. The largest absolute Gasteiger partial charge is 2.00 e. The molecule has 0 aromatic heterocycles. The number of hydrogen-bond donors (Lipinski definition) is 0. The van der Waals surface area contributed by atoms with E-state index in [-0.39, 0.29) is 90.0 Å². The van der Waals surface area contributed by atoms with Crippen LogP contribution >= 0.6 is 0 Å². The van der Waals surface area contributed by atoms with Gasteiger partial charge in [-0.1, -0.05) is 0 Å². The molecule has 0 unspecified atom stereocenters. The second-order valence-electron chi connectivity index (χ2n) is 0.500. The molecule has 0 rings (SSSR count). The fourth-order valence-corrected chi connectivity index (χ4v) is 0. The first-order chi connectivity index (χ1) is 2.00. The summed E-state index contributed by atoms with van der Waals surface area (Å²) in [6.45, 7) is 0. The van der Waals surface area contributed by atoms with Crippen molar-refractivity contribution in [1.29, 1.82) is 0 Å². The minimum absolute atomic E-state index is 0. The van der Waals surface area contributed by atoms with E-state index in [1.807, 2.05) is 0 Å². The molecule has 0 aromatic rings. The average Bonchev–Trinajstić information content (AvgIpc) is 0.722. The predicted octanol–water partition coefficient (Wildman–Crippen LogP) is -4.76. The summed E-state index contributed by atoms with van der Waals surface area (Å²) in [5.41, 5.74) is 0. The fraction of sp³-hybridized carbons (Fsp3) is 0. The molecule has 7 heteroatoms. The summed E-state index contributed by atoms with van der Waals surface area (Å²) in [6, 6.07) is 0. The summed E-state index contributed by atoms with van der Waals surface area (Å²) in [5, 5.41) is 0. The molecule has 0 aromatic carbocycles. The van der Waals surface area contributed by atoms with E-state index in [0.717, 1.165) is 0 Å². The van der Waals surface area contributed by atoms with Crippen molar-refractivity contribution in [3.05, 3.63) is 0 Å². The second kappa shape index (κ2) is 7.59. The Labute approximate surface area is 119 Å². The van der Waals surface area contributed by atoms with E-state index in [4.69, 9.17) is 14.8 Å². The maximum absolute atomic E-state index is 8.62. The van der Waals surface area contributed by atoms with Crippen molar-refractivity contribution in [3.8, 4) is 0 Å². The first kappa shape index (κ1) is 16.8. The third-order valence-electron chi connectivity index (χ3n) is 0. The molecule has 0 aliphatic rings. The van der Waals surface area contributed by atoms with Crippen LogP contribution in [0, 0.1) is 90.0 Å². The molecule has 0 fully saturated rings. The number of hydrogen-bond acceptors (Lipinski definition) is 4. The Hall–Kier alpha value is 3.49. The molecule has 0 saturated heterocycles. The van der Waals surface area contributed by atoms with Gasteiger partial charge in [0.1, 0.15) is 0 Å². The zero-order chi connectivity index (χ0) is 4.50. The van der Waals surface area contributed by atoms with Gasteiger partial charge in [0.25, 0.3) is 0 Å². The van der Waals surface area contributed by atoms with Gasteiger partial charge in [0, 0.05) is 0 Å². The third-order valence-corrected chi connectivity index (χ3v) is 0. The van der Waals surface area contributed by atoms with Gasteiger partial charge in [-0.25, -0.2) is 0 Å². The van der Waals surface area contributed by atoms with E-state index in [2.05, 4.69) is 0 Å². The van der Waals surface area contributed by atoms with Crippen molar-refractivity contribution in [3.63, 3.8) is 0 Å². The van der Waals surface area contributed by atoms with E-state index in [1.54, 1.807) is 0 Å². The van der Waals surface area contributed by atoms with Crippen molar-refractivity contribution >= 4 is 0 Å². The first-order valence-electron chi connectivity index (χ1n) is 0.816. The van der Waals surface area contributed by atoms with Gasteiger partial charge in [0.15, 0.2) is 0 Å². The van der Waals surface area contributed by atoms with Gasteiger partial charge in [-0.05, 0) is 0 Å². The summed E-state index contributed by atoms with van der Waals surface area (Å²) in [7, 11) is 0. The Balaban J connectivity index is -0.0000000800. The van der Waals surface area contributed by atoms with Crippen LogP contribution in [0.3, 0.4) is 0 Å². The topological polar surface area (TPSA) is 92.2 Å². The Morgan fingerprint density at radius 1 is 0.714 bits per heavy atom. The molecule has 0 aliphatic carbocycles. The van der Waals surface area contributed by atoms with Crippen LogP contribution in [0.5, 0.6) is 0 Å². The molecule has 0 heterocycles. The van der Waals surface area contributed by atoms with Crippen LogP contribution in [0.25, 0.3) is 0 Å². The van der Waals surface area contributed by atoms with Gasteiger partial charge in [0.2, 0.25) is 0 Å². The average molecular weight is 564 g/mol. The van der Waals surface area contributed by atoms with E-state index < -0.39 is 18.1 Å². The zero-order valence-electron chi connectivity index (χ0n) is 3.55. The normalized spacial score (nSPS) is 8.57. The fourth-order valence-electron chi connectivity index (χ4n) is 0. The van der Waals surface area contributed by atoms with Crippen molar-refractivity contribution in [2.24, 2.45) is 0 Å². The summed E-state index contributed by atoms with van der Waals surface area (Å²) in [6.07, 6.45) is 0. The Bertz CT molecular complexity index is 25.2. The van der Waals surface area contributed by atoms with Crippen LogP contribution in [-0.2, 0) is 18.1 Å². The summed E-state index contributed by atoms with van der Waals surface area (Å²) in [4.78, 5) is 0.